The van der Waals surface area contributed by atoms with E-state index in [0.717, 1.165) is 29.8 Å². The van der Waals surface area contributed by atoms with Crippen LogP contribution >= 0.6 is 12.4 Å². The van der Waals surface area contributed by atoms with Gasteiger partial charge in [-0.3, -0.25) is 9.59 Å². The number of benzene rings is 1. The van der Waals surface area contributed by atoms with E-state index < -0.39 is 0 Å². The van der Waals surface area contributed by atoms with Crippen molar-refractivity contribution in [2.45, 2.75) is 33.4 Å². The Morgan fingerprint density at radius 2 is 2.04 bits per heavy atom. The standard InChI is InChI=1S/C19H21N5O2.ClH/c1-3-23-16-8-9-20-10-14(16)19(26)24-18(23)15(11-21-24)17(25)22-13-6-4-12(2)5-7-13;/h4-7,11,20H,3,8-10H2,1-2H3,(H,22,25);1H. The molecule has 1 aliphatic rings. The van der Waals surface area contributed by atoms with E-state index in [1.807, 2.05) is 42.7 Å². The summed E-state index contributed by atoms with van der Waals surface area (Å²) < 4.78 is 3.38. The van der Waals surface area contributed by atoms with Crippen LogP contribution in [-0.4, -0.2) is 26.6 Å². The fourth-order valence-corrected chi connectivity index (χ4v) is 3.51. The first-order chi connectivity index (χ1) is 12.6. The van der Waals surface area contributed by atoms with Crippen LogP contribution < -0.4 is 16.2 Å². The van der Waals surface area contributed by atoms with Gasteiger partial charge in [0.25, 0.3) is 11.5 Å². The zero-order chi connectivity index (χ0) is 18.3. The van der Waals surface area contributed by atoms with Crippen LogP contribution in [-0.2, 0) is 19.5 Å². The summed E-state index contributed by atoms with van der Waals surface area (Å²) in [6, 6.07) is 7.60. The van der Waals surface area contributed by atoms with Crippen molar-refractivity contribution in [1.82, 2.24) is 19.5 Å². The van der Waals surface area contributed by atoms with Crippen molar-refractivity contribution in [3.63, 3.8) is 0 Å². The predicted octanol–water partition coefficient (Wildman–Crippen LogP) is 2.14. The maximum atomic E-state index is 12.8. The second-order valence-corrected chi connectivity index (χ2v) is 6.52. The van der Waals surface area contributed by atoms with Gasteiger partial charge in [-0.15, -0.1) is 12.4 Å². The van der Waals surface area contributed by atoms with Crippen molar-refractivity contribution < 1.29 is 4.79 Å². The largest absolute Gasteiger partial charge is 0.329 e. The number of nitrogens with one attached hydrogen (secondary N) is 2. The molecule has 0 saturated heterocycles. The second-order valence-electron chi connectivity index (χ2n) is 6.52. The molecule has 0 spiro atoms. The number of hydrogen-bond acceptors (Lipinski definition) is 4. The Kier molecular flexibility index (Phi) is 5.34. The lowest BCUT2D eigenvalue weighted by Crippen LogP contribution is -2.36. The number of aryl methyl sites for hydroxylation is 2. The first-order valence-electron chi connectivity index (χ1n) is 8.81. The molecule has 1 aromatic carbocycles. The van der Waals surface area contributed by atoms with Crippen LogP contribution in [0.1, 0.15) is 34.1 Å². The van der Waals surface area contributed by atoms with E-state index in [0.29, 0.717) is 30.0 Å². The number of fused-ring (bicyclic) bond motifs is 2. The van der Waals surface area contributed by atoms with E-state index in [-0.39, 0.29) is 23.9 Å². The highest BCUT2D eigenvalue weighted by Gasteiger charge is 2.24. The van der Waals surface area contributed by atoms with E-state index in [9.17, 15) is 9.59 Å². The topological polar surface area (TPSA) is 80.4 Å². The molecule has 1 amide bonds. The Morgan fingerprint density at radius 3 is 2.74 bits per heavy atom. The average molecular weight is 388 g/mol. The molecule has 0 bridgehead atoms. The van der Waals surface area contributed by atoms with E-state index in [2.05, 4.69) is 15.7 Å². The average Bonchev–Trinajstić information content (AvgIpc) is 3.09. The van der Waals surface area contributed by atoms with Crippen LogP contribution in [0.5, 0.6) is 0 Å². The Morgan fingerprint density at radius 1 is 1.30 bits per heavy atom. The molecular formula is C19H22ClN5O2. The highest BCUT2D eigenvalue weighted by Crippen LogP contribution is 2.19. The highest BCUT2D eigenvalue weighted by atomic mass is 35.5. The number of anilines is 1. The van der Waals surface area contributed by atoms with Crippen LogP contribution in [0.15, 0.2) is 35.3 Å². The molecule has 3 heterocycles. The van der Waals surface area contributed by atoms with Crippen molar-refractivity contribution in [1.29, 1.82) is 0 Å². The van der Waals surface area contributed by atoms with Gasteiger partial charge in [-0.05, 0) is 26.0 Å². The van der Waals surface area contributed by atoms with Gasteiger partial charge in [-0.25, -0.2) is 0 Å². The maximum absolute atomic E-state index is 12.8. The predicted molar refractivity (Wildman–Crippen MR) is 107 cm³/mol. The molecule has 7 nitrogen and oxygen atoms in total. The van der Waals surface area contributed by atoms with Gasteiger partial charge in [0.1, 0.15) is 5.56 Å². The van der Waals surface area contributed by atoms with Crippen molar-refractivity contribution in [3.05, 3.63) is 63.2 Å². The molecule has 0 atom stereocenters. The normalized spacial score (nSPS) is 13.1. The number of carbonyl (C=O) groups excluding carboxylic acids is 1. The minimum absolute atomic E-state index is 0. The molecule has 4 rings (SSSR count). The molecule has 3 aromatic rings. The van der Waals surface area contributed by atoms with Crippen LogP contribution in [0.4, 0.5) is 5.69 Å². The minimum Gasteiger partial charge on any atom is -0.329 e. The van der Waals surface area contributed by atoms with Crippen LogP contribution in [0.2, 0.25) is 0 Å². The number of halogens is 1. The van der Waals surface area contributed by atoms with E-state index in [1.54, 1.807) is 0 Å². The molecule has 1 aliphatic heterocycles. The van der Waals surface area contributed by atoms with Crippen molar-refractivity contribution in [2.24, 2.45) is 0 Å². The van der Waals surface area contributed by atoms with Gasteiger partial charge < -0.3 is 15.2 Å². The first-order valence-corrected chi connectivity index (χ1v) is 8.81. The number of amides is 1. The van der Waals surface area contributed by atoms with Crippen LogP contribution in [0.3, 0.4) is 0 Å². The zero-order valence-corrected chi connectivity index (χ0v) is 16.1. The number of carbonyl (C=O) groups is 1. The molecule has 0 aliphatic carbocycles. The van der Waals surface area contributed by atoms with Crippen molar-refractivity contribution in [3.8, 4) is 0 Å². The summed E-state index contributed by atoms with van der Waals surface area (Å²) in [4.78, 5) is 25.6. The smallest absolute Gasteiger partial charge is 0.279 e. The van der Waals surface area contributed by atoms with Gasteiger partial charge in [-0.1, -0.05) is 17.7 Å². The molecule has 0 radical (unpaired) electrons. The van der Waals surface area contributed by atoms with E-state index in [4.69, 9.17) is 0 Å². The third kappa shape index (κ3) is 3.24. The fourth-order valence-electron chi connectivity index (χ4n) is 3.51. The summed E-state index contributed by atoms with van der Waals surface area (Å²) in [6.07, 6.45) is 2.24. The number of rotatable bonds is 3. The van der Waals surface area contributed by atoms with Gasteiger partial charge >= 0.3 is 0 Å². The summed E-state index contributed by atoms with van der Waals surface area (Å²) in [5.74, 6) is -0.265. The summed E-state index contributed by atoms with van der Waals surface area (Å²) in [7, 11) is 0. The lowest BCUT2D eigenvalue weighted by atomic mass is 10.1. The molecule has 2 aromatic heterocycles. The van der Waals surface area contributed by atoms with Gasteiger partial charge in [0.05, 0.1) is 11.8 Å². The van der Waals surface area contributed by atoms with Crippen LogP contribution in [0.25, 0.3) is 5.65 Å². The lowest BCUT2D eigenvalue weighted by molar-refractivity contribution is 0.102. The monoisotopic (exact) mass is 387 g/mol. The Bertz CT molecular complexity index is 1050. The molecule has 0 fully saturated rings. The number of hydrogen-bond donors (Lipinski definition) is 2. The SMILES string of the molecule is CCn1c2c(c(=O)n3ncc(C(=O)Nc4ccc(C)cc4)c13)CNCC2.Cl. The van der Waals surface area contributed by atoms with Crippen LogP contribution in [0, 0.1) is 6.92 Å². The summed E-state index contributed by atoms with van der Waals surface area (Å²) >= 11 is 0. The summed E-state index contributed by atoms with van der Waals surface area (Å²) in [5.41, 5.74) is 4.38. The Balaban J connectivity index is 0.00000210. The first kappa shape index (κ1) is 19.1. The van der Waals surface area contributed by atoms with Crippen molar-refractivity contribution >= 4 is 29.6 Å². The molecule has 2 N–H and O–H groups in total. The number of nitrogens with zero attached hydrogens (tertiary/aromatic N) is 3. The summed E-state index contributed by atoms with van der Waals surface area (Å²) in [5, 5.41) is 10.3. The minimum atomic E-state index is -0.265. The summed E-state index contributed by atoms with van der Waals surface area (Å²) in [6.45, 7) is 6.04. The zero-order valence-electron chi connectivity index (χ0n) is 15.3. The Labute approximate surface area is 162 Å². The third-order valence-corrected chi connectivity index (χ3v) is 4.83. The van der Waals surface area contributed by atoms with Gasteiger partial charge in [0.2, 0.25) is 0 Å². The molecule has 0 saturated carbocycles. The Hall–Kier alpha value is -2.64. The maximum Gasteiger partial charge on any atom is 0.279 e. The molecule has 0 unspecified atom stereocenters. The van der Waals surface area contributed by atoms with Crippen molar-refractivity contribution in [2.75, 3.05) is 11.9 Å². The molecular weight excluding hydrogens is 366 g/mol. The lowest BCUT2D eigenvalue weighted by Gasteiger charge is -2.22. The fraction of sp³-hybridized carbons (Fsp3) is 0.316. The number of aromatic nitrogens is 3. The second kappa shape index (κ2) is 7.54. The van der Waals surface area contributed by atoms with Gasteiger partial charge in [0, 0.05) is 37.4 Å². The van der Waals surface area contributed by atoms with E-state index >= 15 is 0 Å². The molecule has 27 heavy (non-hydrogen) atoms. The molecule has 142 valence electrons. The molecule has 8 heteroatoms. The highest BCUT2D eigenvalue weighted by molar-refractivity contribution is 6.08. The van der Waals surface area contributed by atoms with E-state index in [1.165, 1.54) is 10.7 Å². The third-order valence-electron chi connectivity index (χ3n) is 4.83. The van der Waals surface area contributed by atoms with Gasteiger partial charge in [0.15, 0.2) is 5.65 Å². The quantitative estimate of drug-likeness (QED) is 0.721. The van der Waals surface area contributed by atoms with Gasteiger partial charge in [-0.2, -0.15) is 9.61 Å².